The Morgan fingerprint density at radius 2 is 2.07 bits per heavy atom. The Hall–Kier alpha value is -0.520. The van der Waals surface area contributed by atoms with Crippen molar-refractivity contribution in [2.45, 2.75) is 57.8 Å². The maximum absolute atomic E-state index is 3.76. The summed E-state index contributed by atoms with van der Waals surface area (Å²) in [7, 11) is 0. The number of allylic oxidation sites excluding steroid dienone is 3. The van der Waals surface area contributed by atoms with Gasteiger partial charge in [0, 0.05) is 0 Å². The lowest BCUT2D eigenvalue weighted by atomic mass is 9.93. The van der Waals surface area contributed by atoms with Crippen molar-refractivity contribution in [1.29, 1.82) is 0 Å². The molecule has 0 aromatic rings. The second-order valence-electron chi connectivity index (χ2n) is 5.25. The van der Waals surface area contributed by atoms with E-state index in [0.29, 0.717) is 0 Å². The van der Waals surface area contributed by atoms with Gasteiger partial charge in [0.2, 0.25) is 0 Å². The molecule has 0 radical (unpaired) electrons. The minimum absolute atomic E-state index is 0.978. The summed E-state index contributed by atoms with van der Waals surface area (Å²) in [5.74, 6) is 1.98. The van der Waals surface area contributed by atoms with Crippen molar-refractivity contribution < 1.29 is 0 Å². The third-order valence-electron chi connectivity index (χ3n) is 4.07. The molecule has 2 aliphatic carbocycles. The lowest BCUT2D eigenvalue weighted by molar-refractivity contribution is 0.583. The van der Waals surface area contributed by atoms with Gasteiger partial charge in [-0.15, -0.1) is 6.58 Å². The molecule has 15 heavy (non-hydrogen) atoms. The van der Waals surface area contributed by atoms with Crippen molar-refractivity contribution in [2.24, 2.45) is 11.8 Å². The molecule has 0 heteroatoms. The number of rotatable bonds is 7. The first-order valence-corrected chi connectivity index (χ1v) is 6.71. The molecule has 0 amide bonds. The second kappa shape index (κ2) is 5.53. The van der Waals surface area contributed by atoms with E-state index in [4.69, 9.17) is 0 Å². The van der Waals surface area contributed by atoms with Crippen LogP contribution in [0.15, 0.2) is 24.3 Å². The molecule has 2 atom stereocenters. The maximum Gasteiger partial charge on any atom is -0.0197 e. The van der Waals surface area contributed by atoms with E-state index < -0.39 is 0 Å². The number of hydrogen-bond acceptors (Lipinski definition) is 0. The largest absolute Gasteiger partial charge is 0.103 e. The van der Waals surface area contributed by atoms with Gasteiger partial charge in [-0.2, -0.15) is 0 Å². The number of fused-ring (bicyclic) bond motifs is 2. The Morgan fingerprint density at radius 3 is 2.73 bits per heavy atom. The molecule has 1 fully saturated rings. The maximum atomic E-state index is 3.76. The molecule has 0 spiro atoms. The van der Waals surface area contributed by atoms with Crippen LogP contribution in [0.2, 0.25) is 0 Å². The van der Waals surface area contributed by atoms with Gasteiger partial charge < -0.3 is 0 Å². The molecular weight excluding hydrogens is 180 g/mol. The van der Waals surface area contributed by atoms with Crippen LogP contribution in [-0.4, -0.2) is 0 Å². The Labute approximate surface area is 94.5 Å². The summed E-state index contributed by atoms with van der Waals surface area (Å²) >= 11 is 0. The zero-order chi connectivity index (χ0) is 10.5. The van der Waals surface area contributed by atoms with Gasteiger partial charge in [-0.05, 0) is 56.8 Å². The monoisotopic (exact) mass is 204 g/mol. The first kappa shape index (κ1) is 11.0. The molecule has 2 aliphatic rings. The van der Waals surface area contributed by atoms with Gasteiger partial charge in [-0.25, -0.2) is 0 Å². The van der Waals surface area contributed by atoms with Crippen LogP contribution in [0.1, 0.15) is 57.8 Å². The Morgan fingerprint density at radius 1 is 1.20 bits per heavy atom. The average molecular weight is 204 g/mol. The van der Waals surface area contributed by atoms with Crippen LogP contribution in [0.5, 0.6) is 0 Å². The van der Waals surface area contributed by atoms with E-state index in [1.807, 2.05) is 11.6 Å². The van der Waals surface area contributed by atoms with Crippen LogP contribution in [0.4, 0.5) is 0 Å². The molecule has 84 valence electrons. The summed E-state index contributed by atoms with van der Waals surface area (Å²) in [6.45, 7) is 3.76. The fraction of sp³-hybridized carbons (Fsp3) is 0.733. The van der Waals surface area contributed by atoms with Gasteiger partial charge in [-0.1, -0.05) is 30.6 Å². The van der Waals surface area contributed by atoms with Gasteiger partial charge in [0.1, 0.15) is 0 Å². The highest BCUT2D eigenvalue weighted by molar-refractivity contribution is 5.19. The molecular formula is C15H24. The van der Waals surface area contributed by atoms with E-state index in [-0.39, 0.29) is 0 Å². The molecule has 1 saturated carbocycles. The van der Waals surface area contributed by atoms with Crippen LogP contribution in [0.25, 0.3) is 0 Å². The van der Waals surface area contributed by atoms with Crippen LogP contribution in [-0.2, 0) is 0 Å². The Bertz CT molecular complexity index is 236. The van der Waals surface area contributed by atoms with Crippen molar-refractivity contribution in [1.82, 2.24) is 0 Å². The lowest BCUT2D eigenvalue weighted by Gasteiger charge is -2.12. The van der Waals surface area contributed by atoms with E-state index >= 15 is 0 Å². The number of unbranched alkanes of at least 4 members (excludes halogenated alkanes) is 4. The summed E-state index contributed by atoms with van der Waals surface area (Å²) in [5, 5.41) is 0. The molecule has 0 aromatic carbocycles. The van der Waals surface area contributed by atoms with Crippen LogP contribution >= 0.6 is 0 Å². The number of hydrogen-bond donors (Lipinski definition) is 0. The molecule has 2 rings (SSSR count). The average Bonchev–Trinajstić information content (AvgIpc) is 2.85. The highest BCUT2D eigenvalue weighted by atomic mass is 14.4. The summed E-state index contributed by atoms with van der Waals surface area (Å²) in [6.07, 6.45) is 17.3. The van der Waals surface area contributed by atoms with Crippen molar-refractivity contribution in [3.05, 3.63) is 24.3 Å². The van der Waals surface area contributed by atoms with E-state index in [1.54, 1.807) is 0 Å². The van der Waals surface area contributed by atoms with Crippen LogP contribution in [0.3, 0.4) is 0 Å². The summed E-state index contributed by atoms with van der Waals surface area (Å²) in [6, 6.07) is 0. The predicted molar refractivity (Wildman–Crippen MR) is 66.8 cm³/mol. The third kappa shape index (κ3) is 2.96. The standard InChI is InChI=1S/C15H24/c1-2-3-4-5-6-7-8-14-11-13-9-10-15(14)12-13/h2,11,13,15H,1,3-10,12H2. The smallest absolute Gasteiger partial charge is 0.0197 e. The zero-order valence-corrected chi connectivity index (χ0v) is 9.88. The van der Waals surface area contributed by atoms with Crippen molar-refractivity contribution >= 4 is 0 Å². The van der Waals surface area contributed by atoms with Crippen molar-refractivity contribution in [2.75, 3.05) is 0 Å². The minimum Gasteiger partial charge on any atom is -0.103 e. The van der Waals surface area contributed by atoms with Gasteiger partial charge in [-0.3, -0.25) is 0 Å². The first-order chi connectivity index (χ1) is 7.40. The Balaban J connectivity index is 1.55. The van der Waals surface area contributed by atoms with Crippen molar-refractivity contribution in [3.63, 3.8) is 0 Å². The highest BCUT2D eigenvalue weighted by Crippen LogP contribution is 2.45. The van der Waals surface area contributed by atoms with Gasteiger partial charge in [0.15, 0.2) is 0 Å². The van der Waals surface area contributed by atoms with E-state index in [9.17, 15) is 0 Å². The molecule has 0 aromatic heterocycles. The quantitative estimate of drug-likeness (QED) is 0.410. The zero-order valence-electron chi connectivity index (χ0n) is 9.88. The lowest BCUT2D eigenvalue weighted by Crippen LogP contribution is -1.97. The van der Waals surface area contributed by atoms with E-state index in [1.165, 1.54) is 57.8 Å². The van der Waals surface area contributed by atoms with E-state index in [0.717, 1.165) is 11.8 Å². The van der Waals surface area contributed by atoms with Gasteiger partial charge in [0.05, 0.1) is 0 Å². The molecule has 0 heterocycles. The van der Waals surface area contributed by atoms with Gasteiger partial charge >= 0.3 is 0 Å². The molecule has 0 saturated heterocycles. The summed E-state index contributed by atoms with van der Waals surface area (Å²) in [4.78, 5) is 0. The topological polar surface area (TPSA) is 0 Å². The van der Waals surface area contributed by atoms with Crippen LogP contribution in [0, 0.1) is 11.8 Å². The Kier molecular flexibility index (Phi) is 4.05. The van der Waals surface area contributed by atoms with Crippen LogP contribution < -0.4 is 0 Å². The first-order valence-electron chi connectivity index (χ1n) is 6.71. The fourth-order valence-corrected chi connectivity index (χ4v) is 3.20. The fourth-order valence-electron chi connectivity index (χ4n) is 3.20. The molecule has 0 aliphatic heterocycles. The molecule has 2 bridgehead atoms. The van der Waals surface area contributed by atoms with Crippen molar-refractivity contribution in [3.8, 4) is 0 Å². The van der Waals surface area contributed by atoms with Gasteiger partial charge in [0.25, 0.3) is 0 Å². The summed E-state index contributed by atoms with van der Waals surface area (Å²) in [5.41, 5.74) is 1.81. The SMILES string of the molecule is C=CCCCCCCC1=CC2CCC1C2. The third-order valence-corrected chi connectivity index (χ3v) is 4.07. The second-order valence-corrected chi connectivity index (χ2v) is 5.25. The van der Waals surface area contributed by atoms with E-state index in [2.05, 4.69) is 12.7 Å². The molecule has 0 N–H and O–H groups in total. The normalized spacial score (nSPS) is 28.1. The predicted octanol–water partition coefficient (Wildman–Crippen LogP) is 4.87. The molecule has 0 nitrogen and oxygen atoms in total. The minimum atomic E-state index is 0.978. The highest BCUT2D eigenvalue weighted by Gasteiger charge is 2.31. The summed E-state index contributed by atoms with van der Waals surface area (Å²) < 4.78 is 0. The molecule has 2 unspecified atom stereocenters.